The van der Waals surface area contributed by atoms with Crippen LogP contribution in [0.25, 0.3) is 0 Å². The standard InChI is InChI=1S/C38H112N2O15Si16/c1-56(2,3)41-59(10,11)44-62(16,17)47-65(22,23)50-68(28,29)53-71(38-34-36-40-37-35-39,54-69(30,31)51-66(24,25)48-63(18,19)45-60(12,13)42-57(4,5)6)55-70(32,33)52-67(26,27)49-64(20,21)46-61(14,15)43-58(7,8)9/h40H,34-39H2,1-33H3. The van der Waals surface area contributed by atoms with Crippen molar-refractivity contribution in [1.82, 2.24) is 5.32 Å². The van der Waals surface area contributed by atoms with Crippen molar-refractivity contribution in [2.75, 3.05) is 19.6 Å². The zero-order chi connectivity index (χ0) is 56.8. The van der Waals surface area contributed by atoms with Crippen LogP contribution < -0.4 is 11.1 Å². The number of nitrogens with one attached hydrogen (secondary N) is 1. The van der Waals surface area contributed by atoms with Gasteiger partial charge in [0, 0.05) is 19.1 Å². The Morgan fingerprint density at radius 3 is 0.577 bits per heavy atom. The highest BCUT2D eigenvalue weighted by molar-refractivity contribution is 6.96. The molecule has 428 valence electrons. The quantitative estimate of drug-likeness (QED) is 0.0447. The smallest absolute Gasteiger partial charge is 0.437 e. The molecule has 71 heavy (non-hydrogen) atoms. The lowest BCUT2D eigenvalue weighted by molar-refractivity contribution is 0.177. The highest BCUT2D eigenvalue weighted by atomic mass is 28.6. The van der Waals surface area contributed by atoms with Gasteiger partial charge >= 0.3 is 112 Å². The minimum atomic E-state index is -3.88. The van der Waals surface area contributed by atoms with E-state index in [1.165, 1.54) is 0 Å². The SMILES string of the molecule is C[Si](C)(C)O[Si](C)(C)O[Si](C)(C)O[Si](C)(C)O[Si](C)(C)O[Si](CCCNCCN)(O[Si](C)(C)O[Si](C)(C)O[Si](C)(C)O[Si](C)(C)O[Si](C)(C)C)O[Si](C)(C)O[Si](C)(C)O[Si](C)(C)O[Si](C)(C)O[Si](C)(C)C. The van der Waals surface area contributed by atoms with E-state index in [9.17, 15) is 0 Å². The lowest BCUT2D eigenvalue weighted by atomic mass is 10.5. The summed E-state index contributed by atoms with van der Waals surface area (Å²) in [7, 11) is -43.8. The van der Waals surface area contributed by atoms with Crippen LogP contribution in [0.1, 0.15) is 6.42 Å². The van der Waals surface area contributed by atoms with Crippen LogP contribution in [0.3, 0.4) is 0 Å². The van der Waals surface area contributed by atoms with Gasteiger partial charge in [0.2, 0.25) is 0 Å². The molecule has 0 amide bonds. The maximum atomic E-state index is 7.57. The molecule has 0 spiro atoms. The molecular weight excluding hydrogens is 1170 g/mol. The summed E-state index contributed by atoms with van der Waals surface area (Å²) < 4.78 is 105. The van der Waals surface area contributed by atoms with Crippen LogP contribution in [0, 0.1) is 0 Å². The Morgan fingerprint density at radius 2 is 0.408 bits per heavy atom. The third-order valence-electron chi connectivity index (χ3n) is 8.44. The van der Waals surface area contributed by atoms with Crippen LogP contribution in [-0.4, -0.2) is 156 Å². The number of hydrogen-bond donors (Lipinski definition) is 2. The van der Waals surface area contributed by atoms with E-state index < -0.39 is 136 Å². The van der Waals surface area contributed by atoms with Crippen molar-refractivity contribution < 1.29 is 61.7 Å². The Bertz CT molecular complexity index is 1470. The molecule has 0 aromatic carbocycles. The first-order valence-electron chi connectivity index (χ1n) is 25.6. The second-order valence-electron chi connectivity index (χ2n) is 27.0. The van der Waals surface area contributed by atoms with E-state index in [0.29, 0.717) is 32.1 Å². The fourth-order valence-electron chi connectivity index (χ4n) is 9.79. The normalized spacial score (nSPS) is 15.8. The molecule has 0 aromatic heterocycles. The molecule has 0 aromatic rings. The second kappa shape index (κ2) is 26.1. The maximum Gasteiger partial charge on any atom is 0.474 e. The molecule has 17 nitrogen and oxygen atoms in total. The monoisotopic (exact) mass is 1280 g/mol. The topological polar surface area (TPSA) is 176 Å². The Morgan fingerprint density at radius 1 is 0.239 bits per heavy atom. The summed E-state index contributed by atoms with van der Waals surface area (Å²) in [5, 5.41) is 3.48. The predicted molar refractivity (Wildman–Crippen MR) is 333 cm³/mol. The average Bonchev–Trinajstić information content (AvgIpc) is 2.89. The zero-order valence-electron chi connectivity index (χ0n) is 51.7. The molecule has 0 aliphatic rings. The molecular formula is C38H112N2O15Si16. The molecule has 0 rings (SSSR count). The number of hydrogen-bond acceptors (Lipinski definition) is 17. The molecule has 0 unspecified atom stereocenters. The van der Waals surface area contributed by atoms with Crippen LogP contribution in [0.2, 0.25) is 222 Å². The van der Waals surface area contributed by atoms with Gasteiger partial charge in [-0.1, -0.05) is 0 Å². The Hall–Kier alpha value is 2.79. The van der Waals surface area contributed by atoms with Gasteiger partial charge in [-0.2, -0.15) is 0 Å². The molecule has 0 fully saturated rings. The van der Waals surface area contributed by atoms with Gasteiger partial charge in [0.1, 0.15) is 0 Å². The fourth-order valence-corrected chi connectivity index (χ4v) is 89.0. The lowest BCUT2D eigenvalue weighted by Gasteiger charge is -2.48. The van der Waals surface area contributed by atoms with Crippen molar-refractivity contribution in [1.29, 1.82) is 0 Å². The van der Waals surface area contributed by atoms with Crippen LogP contribution >= 0.6 is 0 Å². The van der Waals surface area contributed by atoms with Crippen molar-refractivity contribution in [3.05, 3.63) is 0 Å². The van der Waals surface area contributed by atoms with E-state index >= 15 is 0 Å². The Kier molecular flexibility index (Phi) is 27.2. The van der Waals surface area contributed by atoms with Crippen molar-refractivity contribution >= 4 is 136 Å². The van der Waals surface area contributed by atoms with E-state index in [4.69, 9.17) is 67.5 Å². The fraction of sp³-hybridized carbons (Fsp3) is 1.00. The van der Waals surface area contributed by atoms with E-state index in [0.717, 1.165) is 0 Å². The first kappa shape index (κ1) is 73.8. The molecule has 0 aliphatic heterocycles. The van der Waals surface area contributed by atoms with Gasteiger partial charge in [-0.05, 0) is 229 Å². The summed E-state index contributed by atoms with van der Waals surface area (Å²) >= 11 is 0. The third kappa shape index (κ3) is 35.9. The van der Waals surface area contributed by atoms with Gasteiger partial charge in [0.05, 0.1) is 0 Å². The first-order chi connectivity index (χ1) is 30.7. The lowest BCUT2D eigenvalue weighted by Crippen LogP contribution is -2.68. The molecule has 0 saturated heterocycles. The molecule has 0 heterocycles. The van der Waals surface area contributed by atoms with Crippen LogP contribution in [-0.2, 0) is 61.7 Å². The summed E-state index contributed by atoms with van der Waals surface area (Å²) in [6.45, 7) is 71.4. The van der Waals surface area contributed by atoms with Gasteiger partial charge in [0.15, 0.2) is 25.0 Å². The molecule has 0 atom stereocenters. The van der Waals surface area contributed by atoms with Crippen molar-refractivity contribution in [3.63, 3.8) is 0 Å². The van der Waals surface area contributed by atoms with Crippen molar-refractivity contribution in [2.24, 2.45) is 5.73 Å². The molecule has 0 radical (unpaired) electrons. The van der Waals surface area contributed by atoms with Crippen LogP contribution in [0.5, 0.6) is 0 Å². The summed E-state index contributed by atoms with van der Waals surface area (Å²) in [6.07, 6.45) is 0.678. The van der Waals surface area contributed by atoms with Gasteiger partial charge < -0.3 is 72.8 Å². The van der Waals surface area contributed by atoms with E-state index in [1.807, 2.05) is 0 Å². The van der Waals surface area contributed by atoms with E-state index in [-0.39, 0.29) is 0 Å². The number of nitrogens with two attached hydrogens (primary N) is 1. The summed E-state index contributed by atoms with van der Waals surface area (Å²) in [6, 6.07) is 0.462. The zero-order valence-corrected chi connectivity index (χ0v) is 67.7. The maximum absolute atomic E-state index is 7.57. The van der Waals surface area contributed by atoms with Gasteiger partial charge in [-0.15, -0.1) is 0 Å². The van der Waals surface area contributed by atoms with E-state index in [2.05, 4.69) is 221 Å². The average molecular weight is 1290 g/mol. The highest BCUT2D eigenvalue weighted by Gasteiger charge is 2.59. The Labute approximate surface area is 454 Å². The summed E-state index contributed by atoms with van der Waals surface area (Å²) in [4.78, 5) is 0. The van der Waals surface area contributed by atoms with Crippen LogP contribution in [0.4, 0.5) is 0 Å². The molecule has 3 N–H and O–H groups in total. The van der Waals surface area contributed by atoms with Crippen molar-refractivity contribution in [3.8, 4) is 0 Å². The first-order valence-corrected chi connectivity index (χ1v) is 71.5. The minimum Gasteiger partial charge on any atom is -0.437 e. The molecule has 0 saturated carbocycles. The largest absolute Gasteiger partial charge is 0.474 e. The summed E-state index contributed by atoms with van der Waals surface area (Å²) in [5.41, 5.74) is 5.92. The predicted octanol–water partition coefficient (Wildman–Crippen LogP) is 12.0. The van der Waals surface area contributed by atoms with Gasteiger partial charge in [-0.25, -0.2) is 0 Å². The van der Waals surface area contributed by atoms with Gasteiger partial charge in [-0.3, -0.25) is 0 Å². The number of rotatable bonds is 36. The second-order valence-corrected chi connectivity index (χ2v) is 87.4. The van der Waals surface area contributed by atoms with Crippen LogP contribution in [0.15, 0.2) is 0 Å². The molecule has 0 aliphatic carbocycles. The minimum absolute atomic E-state index is 0.462. The summed E-state index contributed by atoms with van der Waals surface area (Å²) in [5.74, 6) is 0. The third-order valence-corrected chi connectivity index (χ3v) is 67.7. The highest BCUT2D eigenvalue weighted by Crippen LogP contribution is 2.37. The van der Waals surface area contributed by atoms with Crippen molar-refractivity contribution in [2.45, 2.75) is 229 Å². The Balaban J connectivity index is 7.54. The van der Waals surface area contributed by atoms with Gasteiger partial charge in [0.25, 0.3) is 0 Å². The molecule has 0 bridgehead atoms. The van der Waals surface area contributed by atoms with E-state index in [1.54, 1.807) is 0 Å². The molecule has 33 heteroatoms.